The number of ether oxygens (including phenoxy) is 1. The van der Waals surface area contributed by atoms with Crippen LogP contribution in [-0.4, -0.2) is 51.8 Å². The van der Waals surface area contributed by atoms with Crippen LogP contribution in [0.3, 0.4) is 0 Å². The Morgan fingerprint density at radius 2 is 1.66 bits per heavy atom. The highest BCUT2D eigenvalue weighted by Crippen LogP contribution is 2.39. The van der Waals surface area contributed by atoms with Crippen molar-refractivity contribution in [2.45, 2.75) is 52.2 Å². The Kier molecular flexibility index (Phi) is 6.04. The van der Waals surface area contributed by atoms with Crippen molar-refractivity contribution in [3.8, 4) is 11.3 Å². The van der Waals surface area contributed by atoms with E-state index in [1.54, 1.807) is 0 Å². The Bertz CT molecular complexity index is 955. The fourth-order valence-corrected chi connectivity index (χ4v) is 4.59. The summed E-state index contributed by atoms with van der Waals surface area (Å²) in [6.45, 7) is 8.70. The topological polar surface area (TPSA) is 96.5 Å². The Morgan fingerprint density at radius 1 is 1.00 bits per heavy atom. The molecule has 1 unspecified atom stereocenters. The monoisotopic (exact) mass is 437 g/mol. The number of carbonyl (C=O) groups excluding carboxylic acids is 2. The minimum atomic E-state index is -0.461. The van der Waals surface area contributed by atoms with Crippen molar-refractivity contribution in [1.82, 2.24) is 15.1 Å². The summed E-state index contributed by atoms with van der Waals surface area (Å²) in [4.78, 5) is 25.3. The summed E-state index contributed by atoms with van der Waals surface area (Å²) < 4.78 is 5.52. The van der Waals surface area contributed by atoms with Gasteiger partial charge in [-0.25, -0.2) is 4.79 Å². The number of nitrogens with zero attached hydrogens (tertiary/aromatic N) is 3. The average molecular weight is 438 g/mol. The first-order valence-electron chi connectivity index (χ1n) is 11.1. The third-order valence-corrected chi connectivity index (χ3v) is 5.92. The van der Waals surface area contributed by atoms with Crippen LogP contribution in [0.5, 0.6) is 0 Å². The molecule has 1 saturated carbocycles. The molecule has 0 bridgehead atoms. The van der Waals surface area contributed by atoms with Crippen molar-refractivity contribution in [3.05, 3.63) is 36.4 Å². The number of rotatable bonds is 4. The lowest BCUT2D eigenvalue weighted by Gasteiger charge is -2.25. The molecule has 2 N–H and O–H groups in total. The molecule has 32 heavy (non-hydrogen) atoms. The van der Waals surface area contributed by atoms with Gasteiger partial charge in [-0.3, -0.25) is 4.79 Å². The number of likely N-dealkylation sites (tertiary alicyclic amines) is 1. The molecule has 170 valence electrons. The second-order valence-electron chi connectivity index (χ2n) is 9.78. The minimum absolute atomic E-state index is 0.0958. The van der Waals surface area contributed by atoms with Gasteiger partial charge in [0, 0.05) is 37.3 Å². The maximum Gasteiger partial charge on any atom is 0.410 e. The van der Waals surface area contributed by atoms with Gasteiger partial charge in [-0.2, -0.15) is 0 Å². The third kappa shape index (κ3) is 5.36. The number of amides is 2. The van der Waals surface area contributed by atoms with Gasteiger partial charge in [-0.15, -0.1) is 10.2 Å². The van der Waals surface area contributed by atoms with Gasteiger partial charge in [-0.1, -0.05) is 12.1 Å². The van der Waals surface area contributed by atoms with Crippen LogP contribution in [-0.2, 0) is 9.53 Å². The molecule has 2 aromatic rings. The SMILES string of the molecule is CC(=O)Nc1ccc(-c2ccc(N[C@H]3CC4CN(C(=O)OC(C)(C)C)C[C@H]4C3)nn2)cc1. The van der Waals surface area contributed by atoms with E-state index in [1.807, 2.05) is 62.1 Å². The van der Waals surface area contributed by atoms with E-state index in [-0.39, 0.29) is 12.0 Å². The lowest BCUT2D eigenvalue weighted by Crippen LogP contribution is -2.36. The molecule has 2 heterocycles. The van der Waals surface area contributed by atoms with E-state index in [2.05, 4.69) is 20.8 Å². The summed E-state index contributed by atoms with van der Waals surface area (Å²) >= 11 is 0. The van der Waals surface area contributed by atoms with Crippen molar-refractivity contribution in [2.24, 2.45) is 11.8 Å². The van der Waals surface area contributed by atoms with Crippen LogP contribution in [0, 0.1) is 11.8 Å². The van der Waals surface area contributed by atoms with E-state index in [9.17, 15) is 9.59 Å². The molecule has 0 spiro atoms. The molecule has 4 rings (SSSR count). The average Bonchev–Trinajstić information content (AvgIpc) is 3.26. The van der Waals surface area contributed by atoms with E-state index in [4.69, 9.17) is 4.74 Å². The fraction of sp³-hybridized carbons (Fsp3) is 0.500. The number of anilines is 2. The number of nitrogens with one attached hydrogen (secondary N) is 2. The maximum atomic E-state index is 12.3. The summed E-state index contributed by atoms with van der Waals surface area (Å²) in [6.07, 6.45) is 1.82. The summed E-state index contributed by atoms with van der Waals surface area (Å²) in [6, 6.07) is 11.8. The smallest absolute Gasteiger partial charge is 0.410 e. The quantitative estimate of drug-likeness (QED) is 0.746. The number of fused-ring (bicyclic) bond motifs is 1. The Morgan fingerprint density at radius 3 is 2.19 bits per heavy atom. The molecule has 1 aromatic carbocycles. The van der Waals surface area contributed by atoms with Crippen LogP contribution in [0.15, 0.2) is 36.4 Å². The van der Waals surface area contributed by atoms with Crippen LogP contribution in [0.1, 0.15) is 40.5 Å². The third-order valence-electron chi connectivity index (χ3n) is 5.92. The molecule has 8 nitrogen and oxygen atoms in total. The van der Waals surface area contributed by atoms with Crippen LogP contribution in [0.25, 0.3) is 11.3 Å². The van der Waals surface area contributed by atoms with Crippen LogP contribution < -0.4 is 10.6 Å². The maximum absolute atomic E-state index is 12.3. The van der Waals surface area contributed by atoms with Crippen LogP contribution in [0.2, 0.25) is 0 Å². The first kappa shape index (κ1) is 22.0. The van der Waals surface area contributed by atoms with Crippen molar-refractivity contribution < 1.29 is 14.3 Å². The van der Waals surface area contributed by atoms with E-state index in [0.717, 1.165) is 48.7 Å². The fourth-order valence-electron chi connectivity index (χ4n) is 4.59. The highest BCUT2D eigenvalue weighted by Gasteiger charge is 2.43. The predicted octanol–water partition coefficient (Wildman–Crippen LogP) is 4.16. The number of hydrogen-bond donors (Lipinski definition) is 2. The van der Waals surface area contributed by atoms with E-state index in [1.165, 1.54) is 6.92 Å². The van der Waals surface area contributed by atoms with Gasteiger partial charge < -0.3 is 20.3 Å². The molecule has 1 aliphatic heterocycles. The molecule has 2 amide bonds. The minimum Gasteiger partial charge on any atom is -0.444 e. The molecule has 1 aromatic heterocycles. The zero-order valence-corrected chi connectivity index (χ0v) is 19.1. The molecule has 1 aliphatic carbocycles. The Hall–Kier alpha value is -3.16. The molecule has 1 saturated heterocycles. The molecular formula is C24H31N5O3. The summed E-state index contributed by atoms with van der Waals surface area (Å²) in [5.74, 6) is 1.66. The van der Waals surface area contributed by atoms with Gasteiger partial charge in [-0.05, 0) is 69.7 Å². The Balaban J connectivity index is 1.29. The van der Waals surface area contributed by atoms with Gasteiger partial charge in [0.15, 0.2) is 0 Å². The summed E-state index contributed by atoms with van der Waals surface area (Å²) in [7, 11) is 0. The summed E-state index contributed by atoms with van der Waals surface area (Å²) in [5.41, 5.74) is 2.01. The van der Waals surface area contributed by atoms with Gasteiger partial charge >= 0.3 is 6.09 Å². The lowest BCUT2D eigenvalue weighted by atomic mass is 10.0. The lowest BCUT2D eigenvalue weighted by molar-refractivity contribution is -0.114. The zero-order chi connectivity index (χ0) is 22.9. The Labute approximate surface area is 188 Å². The molecule has 8 heteroatoms. The van der Waals surface area contributed by atoms with Gasteiger partial charge in [0.1, 0.15) is 11.4 Å². The predicted molar refractivity (Wildman–Crippen MR) is 123 cm³/mol. The largest absolute Gasteiger partial charge is 0.444 e. The number of benzene rings is 1. The van der Waals surface area contributed by atoms with E-state index < -0.39 is 5.60 Å². The van der Waals surface area contributed by atoms with E-state index in [0.29, 0.717) is 17.9 Å². The molecular weight excluding hydrogens is 406 g/mol. The number of carbonyl (C=O) groups is 2. The second kappa shape index (κ2) is 8.76. The molecule has 3 atom stereocenters. The number of aromatic nitrogens is 2. The highest BCUT2D eigenvalue weighted by atomic mass is 16.6. The molecule has 2 fully saturated rings. The van der Waals surface area contributed by atoms with Crippen molar-refractivity contribution in [3.63, 3.8) is 0 Å². The van der Waals surface area contributed by atoms with Gasteiger partial charge in [0.25, 0.3) is 0 Å². The van der Waals surface area contributed by atoms with E-state index >= 15 is 0 Å². The van der Waals surface area contributed by atoms with Crippen LogP contribution in [0.4, 0.5) is 16.3 Å². The van der Waals surface area contributed by atoms with Gasteiger partial charge in [0.05, 0.1) is 5.69 Å². The first-order valence-corrected chi connectivity index (χ1v) is 11.1. The number of hydrogen-bond acceptors (Lipinski definition) is 6. The molecule has 2 aliphatic rings. The van der Waals surface area contributed by atoms with Crippen molar-refractivity contribution >= 4 is 23.5 Å². The summed E-state index contributed by atoms with van der Waals surface area (Å²) in [5, 5.41) is 15.0. The first-order chi connectivity index (χ1) is 15.2. The van der Waals surface area contributed by atoms with Crippen molar-refractivity contribution in [2.75, 3.05) is 23.7 Å². The zero-order valence-electron chi connectivity index (χ0n) is 19.1. The normalized spacial score (nSPS) is 22.4. The van der Waals surface area contributed by atoms with Gasteiger partial charge in [0.2, 0.25) is 5.91 Å². The van der Waals surface area contributed by atoms with Crippen LogP contribution >= 0.6 is 0 Å². The second-order valence-corrected chi connectivity index (χ2v) is 9.78. The standard InChI is InChI=1S/C24H31N5O3/c1-15(30)25-19-7-5-16(6-8-19)21-9-10-22(28-27-21)26-20-11-17-13-29(14-18(17)12-20)23(31)32-24(2,3)4/h5-10,17-18,20H,11-14H2,1-4H3,(H,25,30)(H,26,28)/t17-,18?,20-/m1/s1. The highest BCUT2D eigenvalue weighted by molar-refractivity contribution is 5.88. The van der Waals surface area contributed by atoms with Crippen molar-refractivity contribution in [1.29, 1.82) is 0 Å². The molecule has 0 radical (unpaired) electrons.